The second-order valence-corrected chi connectivity index (χ2v) is 5.47. The van der Waals surface area contributed by atoms with Gasteiger partial charge in [-0.15, -0.1) is 0 Å². The zero-order chi connectivity index (χ0) is 13.7. The number of hydrogen-bond donors (Lipinski definition) is 1. The normalized spacial score (nSPS) is 33.9. The van der Waals surface area contributed by atoms with Gasteiger partial charge in [0.1, 0.15) is 0 Å². The number of alkyl halides is 3. The van der Waals surface area contributed by atoms with E-state index in [0.717, 1.165) is 25.3 Å². The third-order valence-corrected chi connectivity index (χ3v) is 4.44. The third kappa shape index (κ3) is 1.96. The topological polar surface area (TPSA) is 35.2 Å². The molecule has 2 fully saturated rings. The molecule has 0 saturated carbocycles. The Morgan fingerprint density at radius 3 is 2.63 bits per heavy atom. The summed E-state index contributed by atoms with van der Waals surface area (Å²) in [5.74, 6) is 0. The first-order valence-corrected chi connectivity index (χ1v) is 6.49. The Morgan fingerprint density at radius 1 is 1.32 bits per heavy atom. The molecule has 3 atom stereocenters. The van der Waals surface area contributed by atoms with Crippen molar-refractivity contribution in [1.82, 2.24) is 0 Å². The van der Waals surface area contributed by atoms with Gasteiger partial charge in [-0.05, 0) is 30.9 Å². The fourth-order valence-electron chi connectivity index (χ4n) is 3.44. The molecule has 2 bridgehead atoms. The molecule has 0 radical (unpaired) electrons. The van der Waals surface area contributed by atoms with Crippen LogP contribution in [-0.4, -0.2) is 18.8 Å². The van der Waals surface area contributed by atoms with E-state index in [0.29, 0.717) is 12.1 Å². The van der Waals surface area contributed by atoms with Crippen molar-refractivity contribution in [3.8, 4) is 0 Å². The summed E-state index contributed by atoms with van der Waals surface area (Å²) in [4.78, 5) is 0. The van der Waals surface area contributed by atoms with Crippen molar-refractivity contribution in [3.63, 3.8) is 0 Å². The van der Waals surface area contributed by atoms with E-state index < -0.39 is 17.2 Å². The Kier molecular flexibility index (Phi) is 2.87. The summed E-state index contributed by atoms with van der Waals surface area (Å²) in [7, 11) is 0. The first-order chi connectivity index (χ1) is 8.95. The monoisotopic (exact) mass is 271 g/mol. The molecule has 2 saturated heterocycles. The van der Waals surface area contributed by atoms with Crippen LogP contribution in [0.25, 0.3) is 0 Å². The lowest BCUT2D eigenvalue weighted by Crippen LogP contribution is -2.43. The summed E-state index contributed by atoms with van der Waals surface area (Å²) in [5.41, 5.74) is 5.50. The number of fused-ring (bicyclic) bond motifs is 2. The average molecular weight is 271 g/mol. The van der Waals surface area contributed by atoms with Crippen molar-refractivity contribution in [2.24, 2.45) is 5.73 Å². The van der Waals surface area contributed by atoms with E-state index in [1.165, 1.54) is 12.1 Å². The molecule has 2 heterocycles. The molecule has 2 N–H and O–H groups in total. The summed E-state index contributed by atoms with van der Waals surface area (Å²) in [6.45, 7) is 0.329. The summed E-state index contributed by atoms with van der Waals surface area (Å²) in [5, 5.41) is 0. The molecule has 3 rings (SSSR count). The second-order valence-electron chi connectivity index (χ2n) is 5.47. The average Bonchev–Trinajstić information content (AvgIpc) is 2.98. The van der Waals surface area contributed by atoms with Crippen LogP contribution in [0.2, 0.25) is 0 Å². The fourth-order valence-corrected chi connectivity index (χ4v) is 3.44. The number of benzene rings is 1. The Labute approximate surface area is 109 Å². The number of hydrogen-bond acceptors (Lipinski definition) is 2. The van der Waals surface area contributed by atoms with Crippen LogP contribution in [0.3, 0.4) is 0 Å². The van der Waals surface area contributed by atoms with Gasteiger partial charge in [0.15, 0.2) is 0 Å². The van der Waals surface area contributed by atoms with Gasteiger partial charge in [-0.2, -0.15) is 13.2 Å². The van der Waals surface area contributed by atoms with Gasteiger partial charge in [0.2, 0.25) is 0 Å². The third-order valence-electron chi connectivity index (χ3n) is 4.44. The minimum Gasteiger partial charge on any atom is -0.374 e. The van der Waals surface area contributed by atoms with E-state index in [-0.39, 0.29) is 12.2 Å². The van der Waals surface area contributed by atoms with Crippen molar-refractivity contribution in [3.05, 3.63) is 35.4 Å². The highest BCUT2D eigenvalue weighted by atomic mass is 19.4. The number of halogens is 3. The smallest absolute Gasteiger partial charge is 0.374 e. The molecule has 2 aliphatic rings. The van der Waals surface area contributed by atoms with Crippen LogP contribution in [0.5, 0.6) is 0 Å². The quantitative estimate of drug-likeness (QED) is 0.897. The van der Waals surface area contributed by atoms with Gasteiger partial charge in [0, 0.05) is 12.0 Å². The lowest BCUT2D eigenvalue weighted by molar-refractivity contribution is -0.137. The zero-order valence-corrected chi connectivity index (χ0v) is 10.4. The van der Waals surface area contributed by atoms with Crippen LogP contribution in [0.15, 0.2) is 24.3 Å². The van der Waals surface area contributed by atoms with E-state index in [9.17, 15) is 13.2 Å². The van der Waals surface area contributed by atoms with Gasteiger partial charge in [-0.3, -0.25) is 0 Å². The van der Waals surface area contributed by atoms with Gasteiger partial charge >= 0.3 is 6.18 Å². The maximum atomic E-state index is 12.8. The number of rotatable bonds is 2. The fraction of sp³-hybridized carbons (Fsp3) is 0.571. The van der Waals surface area contributed by atoms with Crippen LogP contribution in [-0.2, 0) is 16.3 Å². The number of nitrogens with two attached hydrogens (primary N) is 1. The van der Waals surface area contributed by atoms with E-state index in [2.05, 4.69) is 0 Å². The molecule has 0 aromatic heterocycles. The number of ether oxygens (including phenoxy) is 1. The molecule has 0 spiro atoms. The van der Waals surface area contributed by atoms with Crippen molar-refractivity contribution >= 4 is 0 Å². The van der Waals surface area contributed by atoms with E-state index >= 15 is 0 Å². The molecule has 104 valence electrons. The van der Waals surface area contributed by atoms with E-state index in [1.54, 1.807) is 6.07 Å². The molecule has 3 unspecified atom stereocenters. The summed E-state index contributed by atoms with van der Waals surface area (Å²) in [6.07, 6.45) is -1.59. The van der Waals surface area contributed by atoms with Crippen LogP contribution in [0.1, 0.15) is 30.4 Å². The van der Waals surface area contributed by atoms with Crippen molar-refractivity contribution in [2.45, 2.75) is 43.1 Å². The predicted molar refractivity (Wildman–Crippen MR) is 64.7 cm³/mol. The Morgan fingerprint density at radius 2 is 2.11 bits per heavy atom. The molecule has 19 heavy (non-hydrogen) atoms. The molecule has 5 heteroatoms. The van der Waals surface area contributed by atoms with Crippen molar-refractivity contribution in [2.75, 3.05) is 6.54 Å². The Balaban J connectivity index is 2.01. The lowest BCUT2D eigenvalue weighted by atomic mass is 9.69. The predicted octanol–water partition coefficient (Wildman–Crippen LogP) is 2.85. The molecule has 1 aromatic rings. The van der Waals surface area contributed by atoms with Crippen LogP contribution in [0.4, 0.5) is 13.2 Å². The summed E-state index contributed by atoms with van der Waals surface area (Å²) in [6, 6.07) is 5.53. The maximum absolute atomic E-state index is 12.8. The second kappa shape index (κ2) is 4.21. The summed E-state index contributed by atoms with van der Waals surface area (Å²) < 4.78 is 44.2. The SMILES string of the molecule is NCC1(c2cccc(C(F)(F)F)c2)CC2CCC1O2. The van der Waals surface area contributed by atoms with Gasteiger partial charge < -0.3 is 10.5 Å². The van der Waals surface area contributed by atoms with Crippen LogP contribution in [0, 0.1) is 0 Å². The van der Waals surface area contributed by atoms with Gasteiger partial charge in [0.05, 0.1) is 17.8 Å². The highest BCUT2D eigenvalue weighted by Gasteiger charge is 2.52. The minimum absolute atomic E-state index is 0.0361. The van der Waals surface area contributed by atoms with E-state index in [4.69, 9.17) is 10.5 Å². The zero-order valence-electron chi connectivity index (χ0n) is 10.4. The molecule has 0 amide bonds. The summed E-state index contributed by atoms with van der Waals surface area (Å²) >= 11 is 0. The molecular formula is C14H16F3NO. The highest BCUT2D eigenvalue weighted by Crippen LogP contribution is 2.49. The standard InChI is InChI=1S/C14H16F3NO/c15-14(16,17)10-3-1-2-9(6-10)13(8-18)7-11-4-5-12(13)19-11/h1-3,6,11-12H,4-5,7-8,18H2. The first-order valence-electron chi connectivity index (χ1n) is 6.49. The van der Waals surface area contributed by atoms with Crippen LogP contribution < -0.4 is 5.73 Å². The van der Waals surface area contributed by atoms with Gasteiger partial charge in [-0.1, -0.05) is 18.2 Å². The van der Waals surface area contributed by atoms with E-state index in [1.807, 2.05) is 0 Å². The molecule has 2 nitrogen and oxygen atoms in total. The van der Waals surface area contributed by atoms with Crippen molar-refractivity contribution < 1.29 is 17.9 Å². The van der Waals surface area contributed by atoms with Crippen molar-refractivity contribution in [1.29, 1.82) is 0 Å². The lowest BCUT2D eigenvalue weighted by Gasteiger charge is -2.35. The molecule has 0 aliphatic carbocycles. The maximum Gasteiger partial charge on any atom is 0.416 e. The first kappa shape index (κ1) is 12.9. The highest BCUT2D eigenvalue weighted by molar-refractivity contribution is 5.35. The van der Waals surface area contributed by atoms with Crippen LogP contribution >= 0.6 is 0 Å². The Hall–Kier alpha value is -1.07. The molecular weight excluding hydrogens is 255 g/mol. The molecule has 1 aromatic carbocycles. The Bertz CT molecular complexity index is 488. The largest absolute Gasteiger partial charge is 0.416 e. The minimum atomic E-state index is -4.32. The van der Waals surface area contributed by atoms with Gasteiger partial charge in [-0.25, -0.2) is 0 Å². The molecule has 2 aliphatic heterocycles. The van der Waals surface area contributed by atoms with Gasteiger partial charge in [0.25, 0.3) is 0 Å².